The van der Waals surface area contributed by atoms with Crippen LogP contribution in [0.5, 0.6) is 0 Å². The van der Waals surface area contributed by atoms with Crippen molar-refractivity contribution < 1.29 is 18.8 Å². The Kier molecular flexibility index (Phi) is 4.11. The van der Waals surface area contributed by atoms with Crippen molar-refractivity contribution in [1.82, 2.24) is 0 Å². The van der Waals surface area contributed by atoms with Gasteiger partial charge >= 0.3 is 11.7 Å². The molecule has 0 aliphatic rings. The maximum absolute atomic E-state index is 13.2. The molecule has 6 nitrogen and oxygen atoms in total. The van der Waals surface area contributed by atoms with Crippen LogP contribution in [0.25, 0.3) is 0 Å². The number of carbonyl (C=O) groups excluding carboxylic acids is 1. The fourth-order valence-electron chi connectivity index (χ4n) is 1.31. The van der Waals surface area contributed by atoms with Gasteiger partial charge in [0.15, 0.2) is 0 Å². The maximum atomic E-state index is 13.2. The number of nitro benzene ring substituents is 1. The number of methoxy groups -OCH3 is 1. The van der Waals surface area contributed by atoms with Crippen molar-refractivity contribution in [3.8, 4) is 0 Å². The zero-order valence-electron chi connectivity index (χ0n) is 9.05. The van der Waals surface area contributed by atoms with Crippen molar-refractivity contribution >= 4 is 11.7 Å². The fourth-order valence-corrected chi connectivity index (χ4v) is 1.31. The Morgan fingerprint density at radius 1 is 1.65 bits per heavy atom. The highest BCUT2D eigenvalue weighted by molar-refractivity contribution is 5.75. The Morgan fingerprint density at radius 2 is 2.29 bits per heavy atom. The van der Waals surface area contributed by atoms with E-state index in [2.05, 4.69) is 4.74 Å². The van der Waals surface area contributed by atoms with E-state index in [1.807, 2.05) is 0 Å². The number of hydrogen-bond donors (Lipinski definition) is 1. The monoisotopic (exact) mass is 242 g/mol. The Morgan fingerprint density at radius 3 is 2.76 bits per heavy atom. The van der Waals surface area contributed by atoms with E-state index in [1.165, 1.54) is 13.2 Å². The first kappa shape index (κ1) is 13.0. The van der Waals surface area contributed by atoms with Gasteiger partial charge in [-0.05, 0) is 18.1 Å². The van der Waals surface area contributed by atoms with Crippen LogP contribution in [0, 0.1) is 15.9 Å². The minimum Gasteiger partial charge on any atom is -0.468 e. The molecule has 0 aliphatic heterocycles. The Hall–Kier alpha value is -2.02. The molecule has 0 radical (unpaired) electrons. The lowest BCUT2D eigenvalue weighted by Gasteiger charge is -2.08. The minimum absolute atomic E-state index is 0.0571. The number of nitrogens with two attached hydrogens (primary N) is 1. The lowest BCUT2D eigenvalue weighted by atomic mass is 10.1. The van der Waals surface area contributed by atoms with Crippen LogP contribution in [0.2, 0.25) is 0 Å². The van der Waals surface area contributed by atoms with Crippen molar-refractivity contribution in [2.24, 2.45) is 5.73 Å². The molecule has 1 unspecified atom stereocenters. The number of nitro groups is 1. The van der Waals surface area contributed by atoms with Crippen LogP contribution >= 0.6 is 0 Å². The van der Waals surface area contributed by atoms with E-state index in [9.17, 15) is 19.3 Å². The summed E-state index contributed by atoms with van der Waals surface area (Å²) in [6.07, 6.45) is 0.0571. The van der Waals surface area contributed by atoms with Crippen molar-refractivity contribution in [3.05, 3.63) is 39.7 Å². The quantitative estimate of drug-likeness (QED) is 0.478. The van der Waals surface area contributed by atoms with Gasteiger partial charge in [0, 0.05) is 6.07 Å². The third-order valence-corrected chi connectivity index (χ3v) is 2.17. The molecule has 2 N–H and O–H groups in total. The molecule has 0 fully saturated rings. The summed E-state index contributed by atoms with van der Waals surface area (Å²) < 4.78 is 17.6. The number of nitrogens with zero attached hydrogens (tertiary/aromatic N) is 1. The van der Waals surface area contributed by atoms with Gasteiger partial charge in [0.05, 0.1) is 12.0 Å². The van der Waals surface area contributed by atoms with Crippen LogP contribution in [0.4, 0.5) is 10.1 Å². The predicted octanol–water partition coefficient (Wildman–Crippen LogP) is 0.777. The van der Waals surface area contributed by atoms with Gasteiger partial charge in [-0.2, -0.15) is 4.39 Å². The number of ether oxygens (including phenoxy) is 1. The lowest BCUT2D eigenvalue weighted by molar-refractivity contribution is -0.387. The topological polar surface area (TPSA) is 95.5 Å². The van der Waals surface area contributed by atoms with Gasteiger partial charge < -0.3 is 10.5 Å². The van der Waals surface area contributed by atoms with E-state index in [0.29, 0.717) is 5.56 Å². The molecular weight excluding hydrogens is 231 g/mol. The molecule has 0 saturated carbocycles. The number of halogens is 1. The molecule has 0 heterocycles. The fraction of sp³-hybridized carbons (Fsp3) is 0.300. The molecule has 0 saturated heterocycles. The number of carbonyl (C=O) groups is 1. The first-order valence-electron chi connectivity index (χ1n) is 4.72. The summed E-state index contributed by atoms with van der Waals surface area (Å²) in [5, 5.41) is 10.4. The van der Waals surface area contributed by atoms with Crippen molar-refractivity contribution in [1.29, 1.82) is 0 Å². The Balaban J connectivity index is 2.84. The molecule has 7 heteroatoms. The third kappa shape index (κ3) is 3.22. The number of hydrogen-bond acceptors (Lipinski definition) is 5. The molecule has 1 aromatic carbocycles. The highest BCUT2D eigenvalue weighted by Gasteiger charge is 2.18. The van der Waals surface area contributed by atoms with Crippen LogP contribution in [0.3, 0.4) is 0 Å². The summed E-state index contributed by atoms with van der Waals surface area (Å²) in [7, 11) is 1.19. The zero-order valence-corrected chi connectivity index (χ0v) is 9.05. The predicted molar refractivity (Wildman–Crippen MR) is 56.7 cm³/mol. The second-order valence-corrected chi connectivity index (χ2v) is 3.38. The van der Waals surface area contributed by atoms with E-state index >= 15 is 0 Å². The average Bonchev–Trinajstić information content (AvgIpc) is 2.27. The van der Waals surface area contributed by atoms with Gasteiger partial charge in [-0.15, -0.1) is 0 Å². The van der Waals surface area contributed by atoms with Crippen molar-refractivity contribution in [2.45, 2.75) is 12.5 Å². The van der Waals surface area contributed by atoms with Gasteiger partial charge in [0.1, 0.15) is 6.04 Å². The Bertz CT molecular complexity index is 450. The van der Waals surface area contributed by atoms with Crippen LogP contribution in [0.1, 0.15) is 5.56 Å². The molecule has 92 valence electrons. The lowest BCUT2D eigenvalue weighted by Crippen LogP contribution is -2.33. The van der Waals surface area contributed by atoms with Crippen LogP contribution in [0.15, 0.2) is 18.2 Å². The van der Waals surface area contributed by atoms with Crippen LogP contribution in [-0.2, 0) is 16.0 Å². The van der Waals surface area contributed by atoms with Crippen LogP contribution < -0.4 is 5.73 Å². The summed E-state index contributed by atoms with van der Waals surface area (Å²) in [4.78, 5) is 20.6. The van der Waals surface area contributed by atoms with Gasteiger partial charge in [-0.1, -0.05) is 6.07 Å². The maximum Gasteiger partial charge on any atom is 0.322 e. The largest absolute Gasteiger partial charge is 0.468 e. The normalized spacial score (nSPS) is 11.9. The highest BCUT2D eigenvalue weighted by Crippen LogP contribution is 2.18. The van der Waals surface area contributed by atoms with Crippen LogP contribution in [-0.4, -0.2) is 24.0 Å². The standard InChI is InChI=1S/C10H11FN2O4/c1-17-10(14)8(12)5-6-2-3-9(13(15)16)7(11)4-6/h2-4,8H,5,12H2,1H3. The average molecular weight is 242 g/mol. The summed E-state index contributed by atoms with van der Waals surface area (Å²) in [6.45, 7) is 0. The molecule has 1 rings (SSSR count). The number of esters is 1. The van der Waals surface area contributed by atoms with E-state index in [4.69, 9.17) is 5.73 Å². The zero-order chi connectivity index (χ0) is 13.0. The highest BCUT2D eigenvalue weighted by atomic mass is 19.1. The second-order valence-electron chi connectivity index (χ2n) is 3.38. The summed E-state index contributed by atoms with van der Waals surface area (Å²) >= 11 is 0. The second kappa shape index (κ2) is 5.35. The van der Waals surface area contributed by atoms with E-state index in [1.54, 1.807) is 0 Å². The van der Waals surface area contributed by atoms with E-state index < -0.39 is 28.4 Å². The van der Waals surface area contributed by atoms with Gasteiger partial charge in [-0.3, -0.25) is 14.9 Å². The molecule has 1 atom stereocenters. The first-order chi connectivity index (χ1) is 7.95. The third-order valence-electron chi connectivity index (χ3n) is 2.17. The molecule has 0 bridgehead atoms. The molecular formula is C10H11FN2O4. The van der Waals surface area contributed by atoms with E-state index in [0.717, 1.165) is 12.1 Å². The Labute approximate surface area is 96.3 Å². The van der Waals surface area contributed by atoms with E-state index in [-0.39, 0.29) is 6.42 Å². The van der Waals surface area contributed by atoms with Crippen molar-refractivity contribution in [2.75, 3.05) is 7.11 Å². The summed E-state index contributed by atoms with van der Waals surface area (Å²) in [5.74, 6) is -1.58. The SMILES string of the molecule is COC(=O)C(N)Cc1ccc([N+](=O)[O-])c(F)c1. The smallest absolute Gasteiger partial charge is 0.322 e. The molecule has 0 spiro atoms. The summed E-state index contributed by atoms with van der Waals surface area (Å²) in [5.41, 5.74) is 5.26. The van der Waals surface area contributed by atoms with Crippen molar-refractivity contribution in [3.63, 3.8) is 0 Å². The molecule has 0 aromatic heterocycles. The summed E-state index contributed by atoms with van der Waals surface area (Å²) in [6, 6.07) is 2.46. The van der Waals surface area contributed by atoms with Gasteiger partial charge in [-0.25, -0.2) is 0 Å². The first-order valence-corrected chi connectivity index (χ1v) is 4.72. The minimum atomic E-state index is -0.954. The molecule has 0 aliphatic carbocycles. The van der Waals surface area contributed by atoms with Gasteiger partial charge in [0.2, 0.25) is 5.82 Å². The number of benzene rings is 1. The van der Waals surface area contributed by atoms with Gasteiger partial charge in [0.25, 0.3) is 0 Å². The molecule has 17 heavy (non-hydrogen) atoms. The number of rotatable bonds is 4. The molecule has 1 aromatic rings. The molecule has 0 amide bonds.